The third-order valence-electron chi connectivity index (χ3n) is 6.80. The van der Waals surface area contributed by atoms with Crippen LogP contribution in [0.1, 0.15) is 67.1 Å². The maximum atomic E-state index is 13.2. The molecule has 2 aromatic rings. The molecular weight excluding hydrogens is 404 g/mol. The van der Waals surface area contributed by atoms with Gasteiger partial charge in [-0.25, -0.2) is 0 Å². The molecule has 0 N–H and O–H groups in total. The summed E-state index contributed by atoms with van der Waals surface area (Å²) < 4.78 is 18.2. The smallest absolute Gasteiger partial charge is 0.253 e. The van der Waals surface area contributed by atoms with Crippen LogP contribution in [-0.4, -0.2) is 54.3 Å². The summed E-state index contributed by atoms with van der Waals surface area (Å²) in [6, 6.07) is 9.80. The lowest BCUT2D eigenvalue weighted by Crippen LogP contribution is -2.52. The SMILES string of the molecule is CCOC1CC(c2cccnc2)OC2(CCN(C(=O)c3ccc(CC)c(OC)c3)CC2)C1. The number of rotatable bonds is 6. The number of likely N-dealkylation sites (tertiary alicyclic amines) is 1. The number of carbonyl (C=O) groups is 1. The van der Waals surface area contributed by atoms with E-state index in [0.29, 0.717) is 25.3 Å². The molecule has 0 radical (unpaired) electrons. The van der Waals surface area contributed by atoms with Gasteiger partial charge < -0.3 is 19.1 Å². The lowest BCUT2D eigenvalue weighted by molar-refractivity contribution is -0.190. The molecule has 2 saturated heterocycles. The summed E-state index contributed by atoms with van der Waals surface area (Å²) in [6.07, 6.45) is 8.01. The predicted molar refractivity (Wildman–Crippen MR) is 123 cm³/mol. The highest BCUT2D eigenvalue weighted by Gasteiger charge is 2.45. The van der Waals surface area contributed by atoms with Crippen molar-refractivity contribution in [1.82, 2.24) is 9.88 Å². The van der Waals surface area contributed by atoms with Gasteiger partial charge in [0.25, 0.3) is 5.91 Å². The Kier molecular flexibility index (Phi) is 7.11. The van der Waals surface area contributed by atoms with Crippen molar-refractivity contribution in [2.24, 2.45) is 0 Å². The number of methoxy groups -OCH3 is 1. The number of hydrogen-bond donors (Lipinski definition) is 0. The molecule has 1 spiro atoms. The highest BCUT2D eigenvalue weighted by atomic mass is 16.5. The molecule has 1 amide bonds. The van der Waals surface area contributed by atoms with Crippen molar-refractivity contribution in [2.45, 2.75) is 63.8 Å². The van der Waals surface area contributed by atoms with E-state index in [-0.39, 0.29) is 23.7 Å². The molecule has 0 saturated carbocycles. The molecule has 2 aliphatic rings. The molecule has 4 rings (SSSR count). The van der Waals surface area contributed by atoms with Gasteiger partial charge in [-0.3, -0.25) is 9.78 Å². The van der Waals surface area contributed by atoms with E-state index in [1.165, 1.54) is 0 Å². The Hall–Kier alpha value is -2.44. The number of benzene rings is 1. The van der Waals surface area contributed by atoms with Crippen LogP contribution < -0.4 is 4.74 Å². The summed E-state index contributed by atoms with van der Waals surface area (Å²) >= 11 is 0. The molecule has 6 heteroatoms. The molecular formula is C26H34N2O4. The molecule has 3 heterocycles. The van der Waals surface area contributed by atoms with Gasteiger partial charge in [0.05, 0.1) is 24.9 Å². The van der Waals surface area contributed by atoms with Crippen LogP contribution in [0.5, 0.6) is 5.75 Å². The van der Waals surface area contributed by atoms with Crippen molar-refractivity contribution < 1.29 is 19.0 Å². The molecule has 2 atom stereocenters. The molecule has 1 aromatic carbocycles. The maximum absolute atomic E-state index is 13.2. The summed E-state index contributed by atoms with van der Waals surface area (Å²) in [5.41, 5.74) is 2.62. The van der Waals surface area contributed by atoms with E-state index in [1.807, 2.05) is 42.3 Å². The number of pyridine rings is 1. The van der Waals surface area contributed by atoms with Crippen LogP contribution in [-0.2, 0) is 15.9 Å². The number of aromatic nitrogens is 1. The van der Waals surface area contributed by atoms with Crippen LogP contribution in [0.3, 0.4) is 0 Å². The fraction of sp³-hybridized carbons (Fsp3) is 0.538. The molecule has 172 valence electrons. The first-order valence-corrected chi connectivity index (χ1v) is 11.7. The van der Waals surface area contributed by atoms with Crippen molar-refractivity contribution in [2.75, 3.05) is 26.8 Å². The largest absolute Gasteiger partial charge is 0.496 e. The van der Waals surface area contributed by atoms with Crippen molar-refractivity contribution in [3.8, 4) is 5.75 Å². The lowest BCUT2D eigenvalue weighted by Gasteiger charge is -2.48. The van der Waals surface area contributed by atoms with Gasteiger partial charge in [0.1, 0.15) is 5.75 Å². The predicted octanol–water partition coefficient (Wildman–Crippen LogP) is 4.58. The highest BCUT2D eigenvalue weighted by Crippen LogP contribution is 2.44. The standard InChI is InChI=1S/C26H34N2O4/c1-4-19-8-9-20(15-23(19)30-3)25(29)28-13-10-26(11-14-28)17-22(31-5-2)16-24(32-26)21-7-6-12-27-18-21/h6-9,12,15,18,22,24H,4-5,10-11,13-14,16-17H2,1-3H3. The molecule has 32 heavy (non-hydrogen) atoms. The molecule has 6 nitrogen and oxygen atoms in total. The lowest BCUT2D eigenvalue weighted by atomic mass is 9.80. The van der Waals surface area contributed by atoms with E-state index in [2.05, 4.69) is 18.0 Å². The Morgan fingerprint density at radius 3 is 2.72 bits per heavy atom. The topological polar surface area (TPSA) is 60.9 Å². The Morgan fingerprint density at radius 1 is 1.25 bits per heavy atom. The molecule has 0 bridgehead atoms. The van der Waals surface area contributed by atoms with E-state index < -0.39 is 0 Å². The zero-order valence-corrected chi connectivity index (χ0v) is 19.4. The second-order valence-corrected chi connectivity index (χ2v) is 8.77. The molecule has 0 aliphatic carbocycles. The summed E-state index contributed by atoms with van der Waals surface area (Å²) in [5.74, 6) is 0.836. The Morgan fingerprint density at radius 2 is 2.06 bits per heavy atom. The number of amides is 1. The zero-order valence-electron chi connectivity index (χ0n) is 19.4. The van der Waals surface area contributed by atoms with Gasteiger partial charge in [-0.2, -0.15) is 0 Å². The summed E-state index contributed by atoms with van der Waals surface area (Å²) in [4.78, 5) is 19.4. The number of piperidine rings is 1. The van der Waals surface area contributed by atoms with Gasteiger partial charge in [0, 0.05) is 50.5 Å². The average Bonchev–Trinajstić information content (AvgIpc) is 2.84. The third-order valence-corrected chi connectivity index (χ3v) is 6.80. The minimum atomic E-state index is -0.265. The Bertz CT molecular complexity index is 909. The van der Waals surface area contributed by atoms with Crippen LogP contribution >= 0.6 is 0 Å². The van der Waals surface area contributed by atoms with E-state index in [9.17, 15) is 4.79 Å². The molecule has 2 unspecified atom stereocenters. The number of hydrogen-bond acceptors (Lipinski definition) is 5. The number of aryl methyl sites for hydroxylation is 1. The van der Waals surface area contributed by atoms with Gasteiger partial charge in [-0.15, -0.1) is 0 Å². The van der Waals surface area contributed by atoms with Gasteiger partial charge in [0.2, 0.25) is 0 Å². The third kappa shape index (κ3) is 4.81. The monoisotopic (exact) mass is 438 g/mol. The average molecular weight is 439 g/mol. The quantitative estimate of drug-likeness (QED) is 0.660. The first kappa shape index (κ1) is 22.7. The van der Waals surface area contributed by atoms with Gasteiger partial charge in [0.15, 0.2) is 0 Å². The molecule has 1 aromatic heterocycles. The maximum Gasteiger partial charge on any atom is 0.253 e. The minimum Gasteiger partial charge on any atom is -0.496 e. The summed E-state index contributed by atoms with van der Waals surface area (Å²) in [7, 11) is 1.65. The number of nitrogens with zero attached hydrogens (tertiary/aromatic N) is 2. The van der Waals surface area contributed by atoms with Crippen molar-refractivity contribution in [3.05, 3.63) is 59.4 Å². The van der Waals surface area contributed by atoms with E-state index >= 15 is 0 Å². The van der Waals surface area contributed by atoms with Crippen LogP contribution in [0.25, 0.3) is 0 Å². The van der Waals surface area contributed by atoms with Gasteiger partial charge in [-0.05, 0) is 55.5 Å². The van der Waals surface area contributed by atoms with Crippen molar-refractivity contribution in [1.29, 1.82) is 0 Å². The van der Waals surface area contributed by atoms with E-state index in [0.717, 1.165) is 49.0 Å². The fourth-order valence-corrected chi connectivity index (χ4v) is 5.06. The van der Waals surface area contributed by atoms with E-state index in [4.69, 9.17) is 14.2 Å². The number of ether oxygens (including phenoxy) is 3. The highest BCUT2D eigenvalue weighted by molar-refractivity contribution is 5.94. The van der Waals surface area contributed by atoms with E-state index in [1.54, 1.807) is 13.3 Å². The Labute approximate surface area is 190 Å². The fourth-order valence-electron chi connectivity index (χ4n) is 5.06. The first-order valence-electron chi connectivity index (χ1n) is 11.7. The zero-order chi connectivity index (χ0) is 22.6. The minimum absolute atomic E-state index is 0.0258. The normalized spacial score (nSPS) is 22.7. The van der Waals surface area contributed by atoms with Crippen LogP contribution in [0.4, 0.5) is 0 Å². The Balaban J connectivity index is 1.46. The van der Waals surface area contributed by atoms with Gasteiger partial charge in [-0.1, -0.05) is 19.1 Å². The van der Waals surface area contributed by atoms with Crippen molar-refractivity contribution >= 4 is 5.91 Å². The van der Waals surface area contributed by atoms with Crippen molar-refractivity contribution in [3.63, 3.8) is 0 Å². The molecule has 2 fully saturated rings. The number of carbonyl (C=O) groups excluding carboxylic acids is 1. The van der Waals surface area contributed by atoms with Crippen LogP contribution in [0, 0.1) is 0 Å². The van der Waals surface area contributed by atoms with Crippen LogP contribution in [0.15, 0.2) is 42.7 Å². The molecule has 2 aliphatic heterocycles. The second-order valence-electron chi connectivity index (χ2n) is 8.77. The summed E-state index contributed by atoms with van der Waals surface area (Å²) in [6.45, 7) is 6.17. The first-order chi connectivity index (χ1) is 15.6. The van der Waals surface area contributed by atoms with Gasteiger partial charge >= 0.3 is 0 Å². The van der Waals surface area contributed by atoms with Crippen LogP contribution in [0.2, 0.25) is 0 Å². The second kappa shape index (κ2) is 10.0. The summed E-state index contributed by atoms with van der Waals surface area (Å²) in [5, 5.41) is 0.